The fraction of sp³-hybridized carbons (Fsp3) is 0.214. The van der Waals surface area contributed by atoms with Crippen LogP contribution in [-0.4, -0.2) is 30.4 Å². The van der Waals surface area contributed by atoms with Gasteiger partial charge in [0.05, 0.1) is 22.7 Å². The number of para-hydroxylation sites is 1. The number of hydrogen-bond acceptors (Lipinski definition) is 5. The first-order chi connectivity index (χ1) is 10.1. The van der Waals surface area contributed by atoms with Gasteiger partial charge >= 0.3 is 0 Å². The van der Waals surface area contributed by atoms with Gasteiger partial charge in [-0.3, -0.25) is 4.21 Å². The molecule has 0 bridgehead atoms. The number of hydrogen-bond donors (Lipinski definition) is 0. The van der Waals surface area contributed by atoms with Gasteiger partial charge in [0.2, 0.25) is 0 Å². The minimum Gasteiger partial charge on any atom is -0.334 e. The molecule has 2 heterocycles. The lowest BCUT2D eigenvalue weighted by atomic mass is 10.2. The lowest BCUT2D eigenvalue weighted by Crippen LogP contribution is -1.94. The van der Waals surface area contributed by atoms with Crippen LogP contribution in [0.25, 0.3) is 17.1 Å². The van der Waals surface area contributed by atoms with Crippen LogP contribution in [0.1, 0.15) is 11.5 Å². The van der Waals surface area contributed by atoms with Crippen molar-refractivity contribution in [3.63, 3.8) is 0 Å². The molecule has 0 amide bonds. The standard InChI is InChI=1S/C14H14N4O2S/c1-10-12(14-15-13(17-20-14)9-21(2)19)8-18(16-10)11-6-4-3-5-7-11/h3-8H,9H2,1-2H3/t21-/m0/s1. The molecule has 7 heteroatoms. The molecule has 1 atom stereocenters. The Balaban J connectivity index is 1.94. The molecule has 1 aromatic carbocycles. The fourth-order valence-corrected chi connectivity index (χ4v) is 2.47. The molecule has 0 aliphatic carbocycles. The minimum atomic E-state index is -0.995. The van der Waals surface area contributed by atoms with E-state index in [0.717, 1.165) is 16.9 Å². The van der Waals surface area contributed by atoms with Gasteiger partial charge in [0, 0.05) is 23.3 Å². The molecule has 0 aliphatic rings. The summed E-state index contributed by atoms with van der Waals surface area (Å²) in [5.41, 5.74) is 2.53. The first kappa shape index (κ1) is 13.7. The van der Waals surface area contributed by atoms with Gasteiger partial charge in [-0.05, 0) is 19.1 Å². The number of benzene rings is 1. The number of aryl methyl sites for hydroxylation is 1. The van der Waals surface area contributed by atoms with Crippen LogP contribution < -0.4 is 0 Å². The van der Waals surface area contributed by atoms with Gasteiger partial charge in [0.1, 0.15) is 0 Å². The maximum absolute atomic E-state index is 11.2. The van der Waals surface area contributed by atoms with E-state index < -0.39 is 10.8 Å². The monoisotopic (exact) mass is 302 g/mol. The van der Waals surface area contributed by atoms with Gasteiger partial charge < -0.3 is 4.52 Å². The SMILES string of the molecule is Cc1nn(-c2ccccc2)cc1-c1nc(C[S@](C)=O)no1. The Labute approximate surface area is 124 Å². The number of aromatic nitrogens is 4. The molecular weight excluding hydrogens is 288 g/mol. The molecule has 0 N–H and O–H groups in total. The Morgan fingerprint density at radius 3 is 2.76 bits per heavy atom. The highest BCUT2D eigenvalue weighted by Gasteiger charge is 2.15. The van der Waals surface area contributed by atoms with Crippen molar-refractivity contribution in [1.29, 1.82) is 0 Å². The van der Waals surface area contributed by atoms with Crippen LogP contribution in [0.4, 0.5) is 0 Å². The molecule has 6 nitrogen and oxygen atoms in total. The van der Waals surface area contributed by atoms with Gasteiger partial charge in [0.15, 0.2) is 5.82 Å². The highest BCUT2D eigenvalue weighted by molar-refractivity contribution is 7.83. The normalized spacial score (nSPS) is 12.5. The predicted octanol–water partition coefficient (Wildman–Crippen LogP) is 2.11. The third kappa shape index (κ3) is 2.92. The summed E-state index contributed by atoms with van der Waals surface area (Å²) in [5, 5.41) is 8.30. The zero-order valence-electron chi connectivity index (χ0n) is 11.7. The van der Waals surface area contributed by atoms with E-state index in [-0.39, 0.29) is 5.75 Å². The second-order valence-corrected chi connectivity index (χ2v) is 6.08. The second kappa shape index (κ2) is 5.61. The van der Waals surface area contributed by atoms with Crippen LogP contribution in [0.2, 0.25) is 0 Å². The van der Waals surface area contributed by atoms with E-state index in [4.69, 9.17) is 4.52 Å². The minimum absolute atomic E-state index is 0.287. The Hall–Kier alpha value is -2.28. The largest absolute Gasteiger partial charge is 0.334 e. The average molecular weight is 302 g/mol. The molecule has 21 heavy (non-hydrogen) atoms. The molecule has 0 unspecified atom stereocenters. The van der Waals surface area contributed by atoms with Crippen molar-refractivity contribution in [1.82, 2.24) is 19.9 Å². The quantitative estimate of drug-likeness (QED) is 0.738. The maximum atomic E-state index is 11.2. The van der Waals surface area contributed by atoms with E-state index in [1.807, 2.05) is 43.5 Å². The van der Waals surface area contributed by atoms with Gasteiger partial charge in [-0.2, -0.15) is 10.1 Å². The van der Waals surface area contributed by atoms with Crippen LogP contribution in [0.3, 0.4) is 0 Å². The summed E-state index contributed by atoms with van der Waals surface area (Å²) in [7, 11) is -0.995. The van der Waals surface area contributed by atoms with Gasteiger partial charge in [0.25, 0.3) is 5.89 Å². The van der Waals surface area contributed by atoms with E-state index in [0.29, 0.717) is 11.7 Å². The molecule has 0 saturated carbocycles. The van der Waals surface area contributed by atoms with Crippen molar-refractivity contribution < 1.29 is 8.73 Å². The maximum Gasteiger partial charge on any atom is 0.261 e. The van der Waals surface area contributed by atoms with Crippen molar-refractivity contribution >= 4 is 10.8 Å². The smallest absolute Gasteiger partial charge is 0.261 e. The molecule has 0 saturated heterocycles. The van der Waals surface area contributed by atoms with E-state index in [9.17, 15) is 4.21 Å². The van der Waals surface area contributed by atoms with Crippen LogP contribution in [0.15, 0.2) is 41.1 Å². The van der Waals surface area contributed by atoms with E-state index >= 15 is 0 Å². The highest BCUT2D eigenvalue weighted by Crippen LogP contribution is 2.22. The molecule has 2 aromatic heterocycles. The summed E-state index contributed by atoms with van der Waals surface area (Å²) in [6, 6.07) is 9.79. The van der Waals surface area contributed by atoms with E-state index in [1.165, 1.54) is 0 Å². The Morgan fingerprint density at radius 2 is 2.05 bits per heavy atom. The van der Waals surface area contributed by atoms with Crippen molar-refractivity contribution in [3.8, 4) is 17.1 Å². The van der Waals surface area contributed by atoms with Crippen molar-refractivity contribution in [2.24, 2.45) is 0 Å². The van der Waals surface area contributed by atoms with Crippen LogP contribution >= 0.6 is 0 Å². The lowest BCUT2D eigenvalue weighted by molar-refractivity contribution is 0.424. The Kier molecular flexibility index (Phi) is 3.66. The van der Waals surface area contributed by atoms with Gasteiger partial charge in [-0.15, -0.1) is 0 Å². The zero-order chi connectivity index (χ0) is 14.8. The summed E-state index contributed by atoms with van der Waals surface area (Å²) in [5.74, 6) is 1.13. The van der Waals surface area contributed by atoms with Crippen LogP contribution in [0.5, 0.6) is 0 Å². The van der Waals surface area contributed by atoms with Crippen molar-refractivity contribution in [2.75, 3.05) is 6.26 Å². The third-order valence-electron chi connectivity index (χ3n) is 2.95. The van der Waals surface area contributed by atoms with E-state index in [1.54, 1.807) is 10.9 Å². The second-order valence-electron chi connectivity index (χ2n) is 4.64. The summed E-state index contributed by atoms with van der Waals surface area (Å²) in [4.78, 5) is 4.26. The van der Waals surface area contributed by atoms with Gasteiger partial charge in [-0.1, -0.05) is 23.4 Å². The molecule has 0 radical (unpaired) electrons. The lowest BCUT2D eigenvalue weighted by Gasteiger charge is -1.98. The topological polar surface area (TPSA) is 73.8 Å². The number of nitrogens with zero attached hydrogens (tertiary/aromatic N) is 4. The molecular formula is C14H14N4O2S. The van der Waals surface area contributed by atoms with Gasteiger partial charge in [-0.25, -0.2) is 4.68 Å². The number of rotatable bonds is 4. The molecule has 3 rings (SSSR count). The first-order valence-corrected chi connectivity index (χ1v) is 8.11. The summed E-state index contributed by atoms with van der Waals surface area (Å²) in [6.45, 7) is 1.89. The summed E-state index contributed by atoms with van der Waals surface area (Å²) < 4.78 is 18.2. The van der Waals surface area contributed by atoms with Crippen molar-refractivity contribution in [3.05, 3.63) is 48.0 Å². The Bertz CT molecular complexity index is 779. The summed E-state index contributed by atoms with van der Waals surface area (Å²) in [6.07, 6.45) is 3.46. The van der Waals surface area contributed by atoms with Crippen LogP contribution in [-0.2, 0) is 16.6 Å². The first-order valence-electron chi connectivity index (χ1n) is 6.38. The molecule has 0 fully saturated rings. The van der Waals surface area contributed by atoms with Crippen LogP contribution in [0, 0.1) is 6.92 Å². The molecule has 0 aliphatic heterocycles. The fourth-order valence-electron chi connectivity index (χ4n) is 1.99. The highest BCUT2D eigenvalue weighted by atomic mass is 32.2. The van der Waals surface area contributed by atoms with E-state index in [2.05, 4.69) is 15.2 Å². The summed E-state index contributed by atoms with van der Waals surface area (Å²) >= 11 is 0. The average Bonchev–Trinajstić information content (AvgIpc) is 3.06. The molecule has 0 spiro atoms. The molecule has 108 valence electrons. The third-order valence-corrected chi connectivity index (χ3v) is 3.62. The van der Waals surface area contributed by atoms with Crippen molar-refractivity contribution in [2.45, 2.75) is 12.7 Å². The predicted molar refractivity (Wildman–Crippen MR) is 79.4 cm³/mol. The Morgan fingerprint density at radius 1 is 1.29 bits per heavy atom. The molecule has 3 aromatic rings. The zero-order valence-corrected chi connectivity index (χ0v) is 12.5.